The van der Waals surface area contributed by atoms with Gasteiger partial charge in [0.05, 0.1) is 0 Å². The molecular formula is C21H44N6. The van der Waals surface area contributed by atoms with E-state index in [9.17, 15) is 0 Å². The van der Waals surface area contributed by atoms with Crippen molar-refractivity contribution >= 4 is 0 Å². The van der Waals surface area contributed by atoms with Crippen LogP contribution in [0.3, 0.4) is 0 Å². The Labute approximate surface area is 166 Å². The van der Waals surface area contributed by atoms with Crippen molar-refractivity contribution in [3.8, 4) is 0 Å². The lowest BCUT2D eigenvalue weighted by molar-refractivity contribution is 0.267. The van der Waals surface area contributed by atoms with Crippen LogP contribution in [-0.2, 0) is 0 Å². The van der Waals surface area contributed by atoms with Crippen molar-refractivity contribution in [1.29, 1.82) is 0 Å². The van der Waals surface area contributed by atoms with Crippen LogP contribution in [0.2, 0.25) is 0 Å². The van der Waals surface area contributed by atoms with Crippen molar-refractivity contribution in [3.05, 3.63) is 0 Å². The van der Waals surface area contributed by atoms with E-state index in [-0.39, 0.29) is 0 Å². The highest BCUT2D eigenvalue weighted by Crippen LogP contribution is 2.20. The molecule has 27 heavy (non-hydrogen) atoms. The summed E-state index contributed by atoms with van der Waals surface area (Å²) in [6, 6.07) is 3.05. The van der Waals surface area contributed by atoms with Gasteiger partial charge in [-0.15, -0.1) is 0 Å². The average molecular weight is 381 g/mol. The Kier molecular flexibility index (Phi) is 9.82. The minimum absolute atomic E-state index is 0.531. The van der Waals surface area contributed by atoms with E-state index in [0.29, 0.717) is 30.2 Å². The van der Waals surface area contributed by atoms with Crippen LogP contribution in [0.1, 0.15) is 64.2 Å². The molecular weight excluding hydrogens is 336 g/mol. The summed E-state index contributed by atoms with van der Waals surface area (Å²) in [7, 11) is 0. The Bertz CT molecular complexity index is 393. The number of hydrogen-bond donors (Lipinski definition) is 6. The van der Waals surface area contributed by atoms with Crippen molar-refractivity contribution in [3.63, 3.8) is 0 Å². The van der Waals surface area contributed by atoms with E-state index in [2.05, 4.69) is 26.6 Å². The number of nitrogens with one attached hydrogen (secondary N) is 5. The summed E-state index contributed by atoms with van der Waals surface area (Å²) in [5.74, 6) is 0. The molecule has 1 aliphatic heterocycles. The monoisotopic (exact) mass is 380 g/mol. The minimum Gasteiger partial charge on any atom is -0.330 e. The Morgan fingerprint density at radius 2 is 1.04 bits per heavy atom. The zero-order chi connectivity index (χ0) is 18.7. The summed E-state index contributed by atoms with van der Waals surface area (Å²) in [6.07, 6.45) is 13.0. The maximum atomic E-state index is 5.77. The molecule has 3 aliphatic rings. The van der Waals surface area contributed by atoms with E-state index in [1.807, 2.05) is 0 Å². The Morgan fingerprint density at radius 1 is 0.593 bits per heavy atom. The number of fused-ring (bicyclic) bond motifs is 2. The molecule has 1 heterocycles. The molecule has 3 rings (SSSR count). The standard InChI is InChI=1S/C21H44N6/c22-11-5-6-17-16-27-21-10-4-3-9-20(21)26-15-14-25-19-8-2-1-7-18(19)24-13-12-23-17/h17-21,23-27H,1-16,22H2/t17-,18+,19+,20?,21+/m0/s1. The zero-order valence-corrected chi connectivity index (χ0v) is 17.3. The predicted molar refractivity (Wildman–Crippen MR) is 114 cm³/mol. The normalized spacial score (nSPS) is 37.4. The van der Waals surface area contributed by atoms with Crippen LogP contribution in [0.4, 0.5) is 0 Å². The first-order valence-corrected chi connectivity index (χ1v) is 11.7. The van der Waals surface area contributed by atoms with Gasteiger partial charge in [-0.2, -0.15) is 0 Å². The van der Waals surface area contributed by atoms with Gasteiger partial charge >= 0.3 is 0 Å². The van der Waals surface area contributed by atoms with Crippen molar-refractivity contribution in [2.24, 2.45) is 5.73 Å². The van der Waals surface area contributed by atoms with E-state index in [1.54, 1.807) is 0 Å². The van der Waals surface area contributed by atoms with Gasteiger partial charge in [0, 0.05) is 62.9 Å². The predicted octanol–water partition coefficient (Wildman–Crippen LogP) is 0.678. The molecule has 2 aliphatic carbocycles. The van der Waals surface area contributed by atoms with Crippen molar-refractivity contribution < 1.29 is 0 Å². The summed E-state index contributed by atoms with van der Waals surface area (Å²) in [5, 5.41) is 19.2. The van der Waals surface area contributed by atoms with Gasteiger partial charge in [-0.05, 0) is 45.1 Å². The van der Waals surface area contributed by atoms with Crippen LogP contribution in [0.25, 0.3) is 0 Å². The van der Waals surface area contributed by atoms with Gasteiger partial charge in [0.25, 0.3) is 0 Å². The number of hydrogen-bond acceptors (Lipinski definition) is 6. The molecule has 1 saturated heterocycles. The summed E-state index contributed by atoms with van der Waals surface area (Å²) in [4.78, 5) is 0. The second kappa shape index (κ2) is 12.3. The van der Waals surface area contributed by atoms with Crippen LogP contribution < -0.4 is 32.3 Å². The average Bonchev–Trinajstić information content (AvgIpc) is 2.71. The topological polar surface area (TPSA) is 86.2 Å². The van der Waals surface area contributed by atoms with Crippen molar-refractivity contribution in [1.82, 2.24) is 26.6 Å². The molecule has 0 aromatic rings. The van der Waals surface area contributed by atoms with Gasteiger partial charge in [0.15, 0.2) is 0 Å². The molecule has 0 aromatic carbocycles. The maximum Gasteiger partial charge on any atom is 0.0221 e. The van der Waals surface area contributed by atoms with Gasteiger partial charge in [-0.3, -0.25) is 0 Å². The van der Waals surface area contributed by atoms with Crippen molar-refractivity contribution in [2.75, 3.05) is 39.3 Å². The second-order valence-electron chi connectivity index (χ2n) is 8.85. The molecule has 6 nitrogen and oxygen atoms in total. The fourth-order valence-electron chi connectivity index (χ4n) is 5.22. The van der Waals surface area contributed by atoms with Gasteiger partial charge < -0.3 is 32.3 Å². The summed E-state index contributed by atoms with van der Waals surface area (Å²) >= 11 is 0. The quantitative estimate of drug-likeness (QED) is 0.432. The zero-order valence-electron chi connectivity index (χ0n) is 17.3. The van der Waals surface area contributed by atoms with Gasteiger partial charge in [-0.1, -0.05) is 25.7 Å². The molecule has 0 radical (unpaired) electrons. The molecule has 6 heteroatoms. The first-order valence-electron chi connectivity index (χ1n) is 11.7. The molecule has 2 saturated carbocycles. The van der Waals surface area contributed by atoms with Crippen molar-refractivity contribution in [2.45, 2.75) is 94.4 Å². The lowest BCUT2D eigenvalue weighted by Crippen LogP contribution is -2.54. The summed E-state index contributed by atoms with van der Waals surface area (Å²) in [6.45, 7) is 6.13. The largest absolute Gasteiger partial charge is 0.330 e. The third-order valence-corrected chi connectivity index (χ3v) is 6.82. The summed E-state index contributed by atoms with van der Waals surface area (Å²) in [5.41, 5.74) is 5.77. The van der Waals surface area contributed by atoms with Gasteiger partial charge in [0.2, 0.25) is 0 Å². The highest BCUT2D eigenvalue weighted by molar-refractivity contribution is 4.90. The third kappa shape index (κ3) is 7.26. The molecule has 0 amide bonds. The first-order chi connectivity index (χ1) is 13.4. The van der Waals surface area contributed by atoms with Gasteiger partial charge in [0.1, 0.15) is 0 Å². The Balaban J connectivity index is 1.58. The second-order valence-corrected chi connectivity index (χ2v) is 8.85. The number of nitrogens with two attached hydrogens (primary N) is 1. The SMILES string of the molecule is NCCC[C@H]1CN[C@@H]2CCCCC2NCCN[C@@H]2CCCC[C@H]2NCCN1. The smallest absolute Gasteiger partial charge is 0.0221 e. The van der Waals surface area contributed by atoms with Crippen LogP contribution >= 0.6 is 0 Å². The van der Waals surface area contributed by atoms with Crippen LogP contribution in [0.15, 0.2) is 0 Å². The molecule has 5 atom stereocenters. The van der Waals surface area contributed by atoms with E-state index >= 15 is 0 Å². The van der Waals surface area contributed by atoms with Gasteiger partial charge in [-0.25, -0.2) is 0 Å². The Hall–Kier alpha value is -0.240. The fourth-order valence-corrected chi connectivity index (χ4v) is 5.22. The molecule has 0 aromatic heterocycles. The molecule has 3 fully saturated rings. The lowest BCUT2D eigenvalue weighted by Gasteiger charge is -2.35. The fraction of sp³-hybridized carbons (Fsp3) is 1.00. The molecule has 0 spiro atoms. The number of rotatable bonds is 3. The van der Waals surface area contributed by atoms with E-state index < -0.39 is 0 Å². The summed E-state index contributed by atoms with van der Waals surface area (Å²) < 4.78 is 0. The minimum atomic E-state index is 0.531. The van der Waals surface area contributed by atoms with E-state index in [0.717, 1.165) is 45.7 Å². The molecule has 158 valence electrons. The molecule has 1 unspecified atom stereocenters. The Morgan fingerprint density at radius 3 is 1.52 bits per heavy atom. The molecule has 0 bridgehead atoms. The highest BCUT2D eigenvalue weighted by atomic mass is 15.1. The van der Waals surface area contributed by atoms with Crippen LogP contribution in [0.5, 0.6) is 0 Å². The van der Waals surface area contributed by atoms with Crippen LogP contribution in [0, 0.1) is 0 Å². The third-order valence-electron chi connectivity index (χ3n) is 6.82. The molecule has 7 N–H and O–H groups in total. The van der Waals surface area contributed by atoms with Crippen LogP contribution in [-0.4, -0.2) is 69.5 Å². The van der Waals surface area contributed by atoms with E-state index in [1.165, 1.54) is 57.8 Å². The first kappa shape index (κ1) is 21.5. The highest BCUT2D eigenvalue weighted by Gasteiger charge is 2.27. The lowest BCUT2D eigenvalue weighted by atomic mass is 9.89. The van der Waals surface area contributed by atoms with E-state index in [4.69, 9.17) is 5.73 Å². The maximum absolute atomic E-state index is 5.77.